The van der Waals surface area contributed by atoms with Gasteiger partial charge in [0.25, 0.3) is 5.91 Å². The number of benzene rings is 1. The highest BCUT2D eigenvalue weighted by molar-refractivity contribution is 5.90. The highest BCUT2D eigenvalue weighted by atomic mass is 16.5. The molecule has 0 aliphatic rings. The number of primary amides is 1. The number of aromatic nitrogens is 2. The first-order valence-electron chi connectivity index (χ1n) is 7.19. The van der Waals surface area contributed by atoms with Gasteiger partial charge in [0.2, 0.25) is 0 Å². The molecule has 0 fully saturated rings. The van der Waals surface area contributed by atoms with Crippen molar-refractivity contribution in [3.63, 3.8) is 0 Å². The Morgan fingerprint density at radius 3 is 2.52 bits per heavy atom. The standard InChI is InChI=1S/C17H19N3O3/c1-11-15(9-10-16(21)23-13(3)17(18)22)12(2)20(19-11)14-7-5-4-6-8-14/h4-10,13H,1-3H3,(H2,18,22)/b10-9+/t13-/m0/s1. The predicted octanol–water partition coefficient (Wildman–Crippen LogP) is 1.92. The zero-order chi connectivity index (χ0) is 17.0. The van der Waals surface area contributed by atoms with E-state index in [1.807, 2.05) is 48.9 Å². The third-order valence-electron chi connectivity index (χ3n) is 3.43. The van der Waals surface area contributed by atoms with Gasteiger partial charge in [-0.3, -0.25) is 4.79 Å². The van der Waals surface area contributed by atoms with Gasteiger partial charge < -0.3 is 10.5 Å². The highest BCUT2D eigenvalue weighted by Crippen LogP contribution is 2.19. The SMILES string of the molecule is Cc1nn(-c2ccccc2)c(C)c1/C=C/C(=O)O[C@@H](C)C(N)=O. The summed E-state index contributed by atoms with van der Waals surface area (Å²) in [5.74, 6) is -1.31. The van der Waals surface area contributed by atoms with E-state index in [1.54, 1.807) is 6.08 Å². The maximum atomic E-state index is 11.7. The lowest BCUT2D eigenvalue weighted by atomic mass is 10.2. The van der Waals surface area contributed by atoms with Crippen LogP contribution in [0.3, 0.4) is 0 Å². The van der Waals surface area contributed by atoms with Crippen LogP contribution in [0.1, 0.15) is 23.9 Å². The van der Waals surface area contributed by atoms with Crippen LogP contribution in [0.15, 0.2) is 36.4 Å². The molecule has 23 heavy (non-hydrogen) atoms. The Balaban J connectivity index is 2.21. The molecule has 6 heteroatoms. The van der Waals surface area contributed by atoms with Crippen LogP contribution in [0.4, 0.5) is 0 Å². The van der Waals surface area contributed by atoms with Gasteiger partial charge in [-0.05, 0) is 39.0 Å². The third-order valence-corrected chi connectivity index (χ3v) is 3.43. The second-order valence-electron chi connectivity index (χ2n) is 5.15. The number of nitrogens with zero attached hydrogens (tertiary/aromatic N) is 2. The lowest BCUT2D eigenvalue weighted by Crippen LogP contribution is -2.29. The molecule has 2 rings (SSSR count). The minimum Gasteiger partial charge on any atom is -0.449 e. The van der Waals surface area contributed by atoms with E-state index in [-0.39, 0.29) is 0 Å². The van der Waals surface area contributed by atoms with Crippen LogP contribution in [-0.2, 0) is 14.3 Å². The quantitative estimate of drug-likeness (QED) is 0.675. The predicted molar refractivity (Wildman–Crippen MR) is 86.8 cm³/mol. The second kappa shape index (κ2) is 6.91. The highest BCUT2D eigenvalue weighted by Gasteiger charge is 2.14. The molecule has 120 valence electrons. The molecule has 1 atom stereocenters. The zero-order valence-electron chi connectivity index (χ0n) is 13.3. The van der Waals surface area contributed by atoms with E-state index in [0.717, 1.165) is 22.6 Å². The number of carbonyl (C=O) groups is 2. The van der Waals surface area contributed by atoms with Gasteiger partial charge in [0.1, 0.15) is 0 Å². The minimum atomic E-state index is -0.957. The number of aryl methyl sites for hydroxylation is 1. The number of nitrogens with two attached hydrogens (primary N) is 1. The molecule has 2 aromatic rings. The Labute approximate surface area is 134 Å². The minimum absolute atomic E-state index is 0.623. The van der Waals surface area contributed by atoms with Crippen molar-refractivity contribution in [3.05, 3.63) is 53.4 Å². The molecule has 0 unspecified atom stereocenters. The summed E-state index contributed by atoms with van der Waals surface area (Å²) in [5.41, 5.74) is 8.52. The van der Waals surface area contributed by atoms with Gasteiger partial charge in [-0.15, -0.1) is 0 Å². The lowest BCUT2D eigenvalue weighted by Gasteiger charge is -2.06. The monoisotopic (exact) mass is 313 g/mol. The normalized spacial score (nSPS) is 12.3. The van der Waals surface area contributed by atoms with Crippen molar-refractivity contribution in [2.45, 2.75) is 26.9 Å². The second-order valence-corrected chi connectivity index (χ2v) is 5.15. The first-order chi connectivity index (χ1) is 10.9. The van der Waals surface area contributed by atoms with Crippen molar-refractivity contribution in [1.29, 1.82) is 0 Å². The number of hydrogen-bond donors (Lipinski definition) is 1. The van der Waals surface area contributed by atoms with Crippen LogP contribution in [0.2, 0.25) is 0 Å². The number of rotatable bonds is 5. The Morgan fingerprint density at radius 1 is 1.26 bits per heavy atom. The van der Waals surface area contributed by atoms with Gasteiger partial charge in [0, 0.05) is 17.3 Å². The van der Waals surface area contributed by atoms with Crippen molar-refractivity contribution in [1.82, 2.24) is 9.78 Å². The Kier molecular flexibility index (Phi) is 4.95. The molecule has 1 amide bonds. The molecule has 2 N–H and O–H groups in total. The molecule has 1 heterocycles. The smallest absolute Gasteiger partial charge is 0.331 e. The molecule has 0 saturated carbocycles. The van der Waals surface area contributed by atoms with E-state index in [4.69, 9.17) is 10.5 Å². The molecule has 0 bridgehead atoms. The van der Waals surface area contributed by atoms with Crippen molar-refractivity contribution >= 4 is 18.0 Å². The summed E-state index contributed by atoms with van der Waals surface area (Å²) in [6.45, 7) is 5.21. The van der Waals surface area contributed by atoms with Gasteiger partial charge in [-0.25, -0.2) is 9.48 Å². The number of para-hydroxylation sites is 1. The van der Waals surface area contributed by atoms with Crippen LogP contribution in [0, 0.1) is 13.8 Å². The van der Waals surface area contributed by atoms with Crippen molar-refractivity contribution in [3.8, 4) is 5.69 Å². The number of esters is 1. The van der Waals surface area contributed by atoms with Crippen LogP contribution in [0.25, 0.3) is 11.8 Å². The number of ether oxygens (including phenoxy) is 1. The summed E-state index contributed by atoms with van der Waals surface area (Å²) in [5, 5.41) is 4.49. The molecule has 1 aromatic carbocycles. The van der Waals surface area contributed by atoms with E-state index < -0.39 is 18.0 Å². The van der Waals surface area contributed by atoms with E-state index >= 15 is 0 Å². The fraction of sp³-hybridized carbons (Fsp3) is 0.235. The number of carbonyl (C=O) groups excluding carboxylic acids is 2. The largest absolute Gasteiger partial charge is 0.449 e. The molecule has 0 aliphatic carbocycles. The molecule has 0 radical (unpaired) electrons. The van der Waals surface area contributed by atoms with Crippen LogP contribution in [-0.4, -0.2) is 27.8 Å². The number of hydrogen-bond acceptors (Lipinski definition) is 4. The van der Waals surface area contributed by atoms with E-state index in [2.05, 4.69) is 5.10 Å². The van der Waals surface area contributed by atoms with Gasteiger partial charge in [-0.1, -0.05) is 18.2 Å². The average molecular weight is 313 g/mol. The summed E-state index contributed by atoms with van der Waals surface area (Å²) in [6, 6.07) is 9.71. The molecule has 1 aromatic heterocycles. The summed E-state index contributed by atoms with van der Waals surface area (Å²) in [6.07, 6.45) is 1.94. The fourth-order valence-electron chi connectivity index (χ4n) is 2.14. The van der Waals surface area contributed by atoms with E-state index in [1.165, 1.54) is 13.0 Å². The molecule has 0 saturated heterocycles. The Morgan fingerprint density at radius 2 is 1.91 bits per heavy atom. The van der Waals surface area contributed by atoms with Crippen molar-refractivity contribution < 1.29 is 14.3 Å². The maximum Gasteiger partial charge on any atom is 0.331 e. The van der Waals surface area contributed by atoms with Gasteiger partial charge in [0.05, 0.1) is 11.4 Å². The molecule has 0 aliphatic heterocycles. The van der Waals surface area contributed by atoms with E-state index in [0.29, 0.717) is 0 Å². The van der Waals surface area contributed by atoms with Crippen LogP contribution in [0.5, 0.6) is 0 Å². The maximum absolute atomic E-state index is 11.7. The molecular formula is C17H19N3O3. The Bertz CT molecular complexity index is 748. The van der Waals surface area contributed by atoms with E-state index in [9.17, 15) is 9.59 Å². The van der Waals surface area contributed by atoms with Crippen molar-refractivity contribution in [2.24, 2.45) is 5.73 Å². The van der Waals surface area contributed by atoms with Gasteiger partial charge >= 0.3 is 5.97 Å². The summed E-state index contributed by atoms with van der Waals surface area (Å²) in [7, 11) is 0. The molecule has 0 spiro atoms. The first-order valence-corrected chi connectivity index (χ1v) is 7.19. The fourth-order valence-corrected chi connectivity index (χ4v) is 2.14. The lowest BCUT2D eigenvalue weighted by molar-refractivity contribution is -0.148. The Hall–Kier alpha value is -2.89. The first kappa shape index (κ1) is 16.5. The van der Waals surface area contributed by atoms with Crippen molar-refractivity contribution in [2.75, 3.05) is 0 Å². The van der Waals surface area contributed by atoms with Gasteiger partial charge in [0.15, 0.2) is 6.10 Å². The van der Waals surface area contributed by atoms with Gasteiger partial charge in [-0.2, -0.15) is 5.10 Å². The average Bonchev–Trinajstić information content (AvgIpc) is 2.80. The van der Waals surface area contributed by atoms with Crippen LogP contribution < -0.4 is 5.73 Å². The summed E-state index contributed by atoms with van der Waals surface area (Å²) in [4.78, 5) is 22.6. The summed E-state index contributed by atoms with van der Waals surface area (Å²) < 4.78 is 6.69. The topological polar surface area (TPSA) is 87.2 Å². The molecule has 6 nitrogen and oxygen atoms in total. The van der Waals surface area contributed by atoms with Crippen LogP contribution >= 0.6 is 0 Å². The third kappa shape index (κ3) is 3.85. The molecular weight excluding hydrogens is 294 g/mol. The zero-order valence-corrected chi connectivity index (χ0v) is 13.3. The summed E-state index contributed by atoms with van der Waals surface area (Å²) >= 11 is 0. The number of amides is 1.